The molecule has 0 unspecified atom stereocenters. The third-order valence-electron chi connectivity index (χ3n) is 11.7. The molecule has 0 saturated carbocycles. The van der Waals surface area contributed by atoms with E-state index >= 15 is 0 Å². The molecule has 0 aliphatic carbocycles. The molecule has 0 fully saturated rings. The minimum atomic E-state index is -2.10. The first-order valence-electron chi connectivity index (χ1n) is 24.8. The number of quaternary nitrogens is 1. The van der Waals surface area contributed by atoms with Gasteiger partial charge in [0.15, 0.2) is 6.04 Å². The predicted octanol–water partition coefficient (Wildman–Crippen LogP) is -7.96. The van der Waals surface area contributed by atoms with Crippen molar-refractivity contribution in [1.29, 1.82) is 0 Å². The predicted molar refractivity (Wildman–Crippen MR) is 277 cm³/mol. The van der Waals surface area contributed by atoms with Crippen LogP contribution in [-0.4, -0.2) is 158 Å². The van der Waals surface area contributed by atoms with E-state index in [-0.39, 0.29) is 31.4 Å². The van der Waals surface area contributed by atoms with Crippen LogP contribution in [0.5, 0.6) is 5.75 Å². The van der Waals surface area contributed by atoms with E-state index in [0.717, 1.165) is 0 Å². The SMILES string of the molecule is CC(C)[C@H](NC(=O)[C@H](Cc1ccccc1)NC(=O)[C@H](CC(N)=O)NC(=O)[C@H](CC(N)=O)NC(=O)[C@H](CCC(=O)O)NC(=O)[C@H](CC(N)=O)NC(=O)[C@H](CC(N)=O)NC(=O)[C@H](Cc1ccc(O)cc1)NC(=O)[C@@H]([NH3+])CCC(N)=O)C(=O)O. The van der Waals surface area contributed by atoms with Gasteiger partial charge in [-0.2, -0.15) is 0 Å². The van der Waals surface area contributed by atoms with Crippen LogP contribution in [0.1, 0.15) is 76.3 Å². The Balaban J connectivity index is 2.48. The molecule has 2 aromatic rings. The summed E-state index contributed by atoms with van der Waals surface area (Å²) in [6, 6.07) is -2.50. The van der Waals surface area contributed by atoms with Crippen molar-refractivity contribution in [3.05, 3.63) is 65.7 Å². The summed E-state index contributed by atoms with van der Waals surface area (Å²) in [5, 5.41) is 46.7. The zero-order valence-corrected chi connectivity index (χ0v) is 44.1. The number of hydrogen-bond acceptors (Lipinski definition) is 16. The maximum Gasteiger partial charge on any atom is 0.326 e. The molecule has 9 atom stereocenters. The Morgan fingerprint density at radius 1 is 0.420 bits per heavy atom. The van der Waals surface area contributed by atoms with Crippen LogP contribution >= 0.6 is 0 Å². The molecule has 0 aliphatic rings. The molecule has 0 heterocycles. The van der Waals surface area contributed by atoms with Gasteiger partial charge in [-0.15, -0.1) is 0 Å². The highest BCUT2D eigenvalue weighted by molar-refractivity contribution is 6.01. The summed E-state index contributed by atoms with van der Waals surface area (Å²) < 4.78 is 0. The molecule has 13 amide bonds. The maximum absolute atomic E-state index is 13.9. The van der Waals surface area contributed by atoms with Gasteiger partial charge in [0.05, 0.1) is 25.7 Å². The smallest absolute Gasteiger partial charge is 0.326 e. The van der Waals surface area contributed by atoms with Crippen molar-refractivity contribution in [2.75, 3.05) is 0 Å². The number of primary amides is 5. The van der Waals surface area contributed by atoms with E-state index in [1.807, 2.05) is 0 Å². The van der Waals surface area contributed by atoms with Gasteiger partial charge in [0.1, 0.15) is 54.1 Å². The van der Waals surface area contributed by atoms with Gasteiger partial charge in [0.2, 0.25) is 70.9 Å². The molecule has 0 aromatic heterocycles. The fourth-order valence-corrected chi connectivity index (χ4v) is 7.45. The number of amides is 13. The molecule has 0 bridgehead atoms. The van der Waals surface area contributed by atoms with Crippen LogP contribution < -0.4 is 76.9 Å². The fraction of sp³-hybridized carbons (Fsp3) is 0.449. The molecule has 81 heavy (non-hydrogen) atoms. The maximum atomic E-state index is 13.9. The second-order valence-corrected chi connectivity index (χ2v) is 18.9. The number of carbonyl (C=O) groups excluding carboxylic acids is 13. The highest BCUT2D eigenvalue weighted by Gasteiger charge is 2.37. The lowest BCUT2D eigenvalue weighted by molar-refractivity contribution is -0.405. The van der Waals surface area contributed by atoms with Crippen molar-refractivity contribution in [2.24, 2.45) is 34.6 Å². The number of phenolic OH excluding ortho intramolecular Hbond substituents is 1. The monoisotopic (exact) mass is 1140 g/mol. The first kappa shape index (κ1) is 67.4. The van der Waals surface area contributed by atoms with Gasteiger partial charge in [-0.25, -0.2) is 4.79 Å². The van der Waals surface area contributed by atoms with E-state index in [0.29, 0.717) is 11.1 Å². The van der Waals surface area contributed by atoms with Crippen molar-refractivity contribution in [1.82, 2.24) is 42.5 Å². The molecule has 32 heteroatoms. The number of aromatic hydroxyl groups is 1. The molecule has 2 aromatic carbocycles. The van der Waals surface area contributed by atoms with Gasteiger partial charge >= 0.3 is 11.9 Å². The van der Waals surface area contributed by atoms with Gasteiger partial charge in [0, 0.05) is 32.1 Å². The lowest BCUT2D eigenvalue weighted by atomic mass is 10.0. The van der Waals surface area contributed by atoms with E-state index in [2.05, 4.69) is 48.3 Å². The van der Waals surface area contributed by atoms with Gasteiger partial charge in [0.25, 0.3) is 5.91 Å². The first-order valence-corrected chi connectivity index (χ1v) is 24.8. The lowest BCUT2D eigenvalue weighted by Gasteiger charge is -2.27. The molecular weight excluding hydrogens is 1070 g/mol. The average Bonchev–Trinajstić information content (AvgIpc) is 3.36. The number of aliphatic carboxylic acids is 2. The van der Waals surface area contributed by atoms with Crippen LogP contribution in [0.3, 0.4) is 0 Å². The van der Waals surface area contributed by atoms with Crippen LogP contribution in [0.4, 0.5) is 0 Å². The summed E-state index contributed by atoms with van der Waals surface area (Å²) in [4.78, 5) is 194. The number of nitrogens with one attached hydrogen (secondary N) is 8. The summed E-state index contributed by atoms with van der Waals surface area (Å²) in [7, 11) is 0. The van der Waals surface area contributed by atoms with Gasteiger partial charge in [-0.1, -0.05) is 56.3 Å². The molecular formula is C49H69N14O18+. The zero-order valence-electron chi connectivity index (χ0n) is 44.1. The molecule has 32 nitrogen and oxygen atoms in total. The highest BCUT2D eigenvalue weighted by atomic mass is 16.4. The van der Waals surface area contributed by atoms with Crippen molar-refractivity contribution < 1.29 is 93.0 Å². The number of carboxylic acids is 2. The first-order chi connectivity index (χ1) is 37.9. The zero-order chi connectivity index (χ0) is 61.3. The second kappa shape index (κ2) is 32.9. The Kier molecular flexibility index (Phi) is 27.3. The number of nitrogens with two attached hydrogens (primary N) is 5. The van der Waals surface area contributed by atoms with E-state index in [1.54, 1.807) is 30.3 Å². The number of benzene rings is 2. The van der Waals surface area contributed by atoms with E-state index in [9.17, 15) is 87.2 Å². The van der Waals surface area contributed by atoms with Crippen LogP contribution in [-0.2, 0) is 84.8 Å². The topological polar surface area (TPSA) is 571 Å². The largest absolute Gasteiger partial charge is 0.508 e. The Hall–Kier alpha value is -9.75. The van der Waals surface area contributed by atoms with E-state index in [1.165, 1.54) is 38.1 Å². The molecule has 0 saturated heterocycles. The number of phenols is 1. The number of rotatable bonds is 36. The van der Waals surface area contributed by atoms with E-state index < -0.39 is 188 Å². The van der Waals surface area contributed by atoms with Crippen LogP contribution in [0.15, 0.2) is 54.6 Å². The van der Waals surface area contributed by atoms with Crippen molar-refractivity contribution in [2.45, 2.75) is 132 Å². The second-order valence-electron chi connectivity index (χ2n) is 18.9. The number of carbonyl (C=O) groups is 15. The third-order valence-corrected chi connectivity index (χ3v) is 11.7. The van der Waals surface area contributed by atoms with Gasteiger partial charge in [-0.3, -0.25) is 67.1 Å². The lowest BCUT2D eigenvalue weighted by Crippen LogP contribution is -2.69. The highest BCUT2D eigenvalue weighted by Crippen LogP contribution is 2.14. The number of hydrogen-bond donors (Lipinski definition) is 17. The third kappa shape index (κ3) is 25.1. The molecule has 0 aliphatic heterocycles. The summed E-state index contributed by atoms with van der Waals surface area (Å²) in [5.41, 5.74) is 31.2. The minimum absolute atomic E-state index is 0.133. The molecule has 442 valence electrons. The Bertz CT molecular complexity index is 2660. The van der Waals surface area contributed by atoms with Crippen LogP contribution in [0.2, 0.25) is 0 Å². The van der Waals surface area contributed by atoms with Crippen molar-refractivity contribution in [3.8, 4) is 5.75 Å². The van der Waals surface area contributed by atoms with Crippen LogP contribution in [0.25, 0.3) is 0 Å². The molecule has 0 radical (unpaired) electrons. The Morgan fingerprint density at radius 3 is 1.11 bits per heavy atom. The quantitative estimate of drug-likeness (QED) is 0.0301. The Morgan fingerprint density at radius 2 is 0.753 bits per heavy atom. The summed E-state index contributed by atoms with van der Waals surface area (Å²) >= 11 is 0. The van der Waals surface area contributed by atoms with Gasteiger partial charge < -0.3 is 92.3 Å². The molecule has 24 N–H and O–H groups in total. The Labute approximate surface area is 461 Å². The standard InChI is InChI=1S/C49H68N14O18/c1-22(2)40(49(80)81)63-48(79)29(16-23-6-4-3-5-7-23)58-45(76)32(20-37(54)68)62-46(77)31(19-36(53)67)59-42(73)27(13-15-39(70)71)56-44(75)30(18-35(52)66)61-47(78)33(21-38(55)69)60-43(74)28(17-24-8-10-25(64)11-9-24)57-41(72)26(50)12-14-34(51)65/h3-11,22,26-33,40,64H,12-21,50H2,1-2H3,(H2,51,65)(H2,52,66)(H2,53,67)(H2,54,68)(H2,55,69)(H,56,75)(H,57,72)(H,58,76)(H,59,73)(H,60,74)(H,61,78)(H,62,77)(H,63,79)(H,70,71)(H,80,81)/p+1/t26-,27-,28-,29-,30-,31-,32-,33-,40-/m0/s1. The minimum Gasteiger partial charge on any atom is -0.508 e. The van der Waals surface area contributed by atoms with Gasteiger partial charge in [-0.05, 0) is 35.6 Å². The number of carboxylic acid groups (broad SMARTS) is 2. The summed E-state index contributed by atoms with van der Waals surface area (Å²) in [6.45, 7) is 3.01. The fourth-order valence-electron chi connectivity index (χ4n) is 7.45. The molecule has 0 spiro atoms. The van der Waals surface area contributed by atoms with E-state index in [4.69, 9.17) is 28.7 Å². The van der Waals surface area contributed by atoms with Crippen molar-refractivity contribution >= 4 is 88.7 Å². The average molecular weight is 1140 g/mol. The van der Waals surface area contributed by atoms with Crippen LogP contribution in [0, 0.1) is 5.92 Å². The summed E-state index contributed by atoms with van der Waals surface area (Å²) in [6.07, 6.45) is -6.73. The molecule has 2 rings (SSSR count). The normalized spacial score (nSPS) is 14.2. The summed E-state index contributed by atoms with van der Waals surface area (Å²) in [5.74, 6) is -19.3. The van der Waals surface area contributed by atoms with Crippen molar-refractivity contribution in [3.63, 3.8) is 0 Å².